The molecule has 4 rings (SSSR count). The lowest BCUT2D eigenvalue weighted by atomic mass is 9.90. The summed E-state index contributed by atoms with van der Waals surface area (Å²) in [6.45, 7) is 8.22. The van der Waals surface area contributed by atoms with E-state index in [1.807, 2.05) is 0 Å². The van der Waals surface area contributed by atoms with E-state index in [1.54, 1.807) is 11.3 Å². The zero-order valence-corrected chi connectivity index (χ0v) is 11.7. The van der Waals surface area contributed by atoms with Crippen LogP contribution in [0.15, 0.2) is 18.2 Å². The molecule has 0 saturated carbocycles. The van der Waals surface area contributed by atoms with Crippen LogP contribution in [-0.4, -0.2) is 38.8 Å². The van der Waals surface area contributed by atoms with Gasteiger partial charge in [0.2, 0.25) is 0 Å². The van der Waals surface area contributed by atoms with Gasteiger partial charge in [-0.1, -0.05) is 19.1 Å². The maximum atomic E-state index is 3.58. The van der Waals surface area contributed by atoms with Crippen LogP contribution in [0.25, 0.3) is 0 Å². The Morgan fingerprint density at radius 2 is 2.26 bits per heavy atom. The first kappa shape index (κ1) is 11.6. The van der Waals surface area contributed by atoms with Crippen molar-refractivity contribution in [1.82, 2.24) is 5.32 Å². The van der Waals surface area contributed by atoms with E-state index in [4.69, 9.17) is 0 Å². The van der Waals surface area contributed by atoms with Gasteiger partial charge in [-0.15, -0.1) is 0 Å². The fourth-order valence-electron chi connectivity index (χ4n) is 4.25. The Hall–Kier alpha value is -1.22. The molecule has 0 aliphatic carbocycles. The average molecular weight is 257 g/mol. The molecule has 3 heteroatoms. The van der Waals surface area contributed by atoms with E-state index in [-0.39, 0.29) is 0 Å². The second-order valence-electron chi connectivity index (χ2n) is 6.06. The van der Waals surface area contributed by atoms with Crippen molar-refractivity contribution in [3.63, 3.8) is 0 Å². The van der Waals surface area contributed by atoms with Crippen LogP contribution in [0, 0.1) is 0 Å². The molecule has 3 nitrogen and oxygen atoms in total. The second-order valence-corrected chi connectivity index (χ2v) is 6.06. The predicted octanol–water partition coefficient (Wildman–Crippen LogP) is 2.18. The van der Waals surface area contributed by atoms with Gasteiger partial charge in [0.05, 0.1) is 11.4 Å². The maximum absolute atomic E-state index is 3.58. The van der Waals surface area contributed by atoms with E-state index in [2.05, 4.69) is 40.2 Å². The molecule has 0 unspecified atom stereocenters. The molecule has 0 aromatic heterocycles. The van der Waals surface area contributed by atoms with Crippen LogP contribution >= 0.6 is 0 Å². The summed E-state index contributed by atoms with van der Waals surface area (Å²) in [5, 5.41) is 3.58. The third kappa shape index (κ3) is 1.61. The summed E-state index contributed by atoms with van der Waals surface area (Å²) >= 11 is 0. The van der Waals surface area contributed by atoms with Crippen molar-refractivity contribution in [2.75, 3.05) is 42.5 Å². The average Bonchev–Trinajstić information content (AvgIpc) is 2.79. The zero-order chi connectivity index (χ0) is 12.8. The van der Waals surface area contributed by atoms with Crippen LogP contribution in [0.1, 0.15) is 31.2 Å². The van der Waals surface area contributed by atoms with Crippen molar-refractivity contribution >= 4 is 11.4 Å². The van der Waals surface area contributed by atoms with E-state index in [1.165, 1.54) is 44.7 Å². The van der Waals surface area contributed by atoms with Gasteiger partial charge in [-0.3, -0.25) is 0 Å². The zero-order valence-electron chi connectivity index (χ0n) is 11.7. The minimum Gasteiger partial charge on any atom is -0.368 e. The van der Waals surface area contributed by atoms with Crippen molar-refractivity contribution in [1.29, 1.82) is 0 Å². The number of benzene rings is 1. The van der Waals surface area contributed by atoms with Crippen LogP contribution in [0.4, 0.5) is 11.4 Å². The van der Waals surface area contributed by atoms with Gasteiger partial charge in [-0.2, -0.15) is 0 Å². The molecular weight excluding hydrogens is 234 g/mol. The normalized spacial score (nSPS) is 28.3. The van der Waals surface area contributed by atoms with Gasteiger partial charge in [-0.05, 0) is 31.0 Å². The van der Waals surface area contributed by atoms with Crippen LogP contribution in [-0.2, 0) is 0 Å². The Kier molecular flexibility index (Phi) is 2.69. The Labute approximate surface area is 115 Å². The Bertz CT molecular complexity index is 485. The number of hydrogen-bond acceptors (Lipinski definition) is 3. The fourth-order valence-corrected chi connectivity index (χ4v) is 4.25. The summed E-state index contributed by atoms with van der Waals surface area (Å²) in [6.07, 6.45) is 2.53. The second kappa shape index (κ2) is 4.41. The highest BCUT2D eigenvalue weighted by Crippen LogP contribution is 2.49. The molecule has 3 heterocycles. The first-order valence-corrected chi connectivity index (χ1v) is 7.75. The van der Waals surface area contributed by atoms with Crippen LogP contribution in [0.3, 0.4) is 0 Å². The molecule has 0 radical (unpaired) electrons. The van der Waals surface area contributed by atoms with Crippen molar-refractivity contribution < 1.29 is 0 Å². The van der Waals surface area contributed by atoms with E-state index < -0.39 is 0 Å². The number of fused-ring (bicyclic) bond motifs is 3. The highest BCUT2D eigenvalue weighted by molar-refractivity contribution is 5.81. The maximum Gasteiger partial charge on any atom is 0.0644 e. The van der Waals surface area contributed by atoms with Gasteiger partial charge in [0.15, 0.2) is 0 Å². The van der Waals surface area contributed by atoms with Gasteiger partial charge < -0.3 is 15.1 Å². The molecule has 0 bridgehead atoms. The number of nitrogens with zero attached hydrogens (tertiary/aromatic N) is 2. The van der Waals surface area contributed by atoms with Gasteiger partial charge in [0.1, 0.15) is 0 Å². The standard InChI is InChI=1S/C16H23N3/c1-2-8-18-9-10-19-14-6-7-17-11-13(14)12-4-3-5-15(18)16(12)19/h3-5,13-14,17H,2,6-11H2,1H3/t13-,14-/m0/s1. The van der Waals surface area contributed by atoms with Gasteiger partial charge in [-0.25, -0.2) is 0 Å². The lowest BCUT2D eigenvalue weighted by molar-refractivity contribution is 0.402. The van der Waals surface area contributed by atoms with E-state index in [9.17, 15) is 0 Å². The summed E-state index contributed by atoms with van der Waals surface area (Å²) in [4.78, 5) is 5.29. The smallest absolute Gasteiger partial charge is 0.0644 e. The quantitative estimate of drug-likeness (QED) is 0.876. The Morgan fingerprint density at radius 1 is 1.32 bits per heavy atom. The van der Waals surface area contributed by atoms with E-state index in [0.717, 1.165) is 12.6 Å². The number of piperidine rings is 1. The molecule has 1 N–H and O–H groups in total. The molecule has 2 atom stereocenters. The van der Waals surface area contributed by atoms with Crippen LogP contribution in [0.5, 0.6) is 0 Å². The van der Waals surface area contributed by atoms with Crippen molar-refractivity contribution in [2.24, 2.45) is 0 Å². The summed E-state index contributed by atoms with van der Waals surface area (Å²) in [5.41, 5.74) is 4.64. The molecule has 1 aromatic carbocycles. The molecule has 19 heavy (non-hydrogen) atoms. The highest BCUT2D eigenvalue weighted by Gasteiger charge is 2.42. The summed E-state index contributed by atoms with van der Waals surface area (Å²) < 4.78 is 0. The number of hydrogen-bond donors (Lipinski definition) is 1. The monoisotopic (exact) mass is 257 g/mol. The number of para-hydroxylation sites is 1. The van der Waals surface area contributed by atoms with E-state index >= 15 is 0 Å². The van der Waals surface area contributed by atoms with Crippen molar-refractivity contribution in [2.45, 2.75) is 31.7 Å². The number of rotatable bonds is 2. The SMILES string of the molecule is CCCN1CCN2c3c(cccc31)[C@@H]1CNCC[C@@H]12. The number of nitrogens with one attached hydrogen (secondary N) is 1. The molecule has 1 fully saturated rings. The minimum atomic E-state index is 0.713. The summed E-state index contributed by atoms with van der Waals surface area (Å²) in [5.74, 6) is 0.713. The van der Waals surface area contributed by atoms with Crippen molar-refractivity contribution in [3.05, 3.63) is 23.8 Å². The van der Waals surface area contributed by atoms with Crippen LogP contribution in [0.2, 0.25) is 0 Å². The molecule has 102 valence electrons. The molecule has 0 amide bonds. The molecule has 3 aliphatic heterocycles. The highest BCUT2D eigenvalue weighted by atomic mass is 15.3. The van der Waals surface area contributed by atoms with Crippen molar-refractivity contribution in [3.8, 4) is 0 Å². The van der Waals surface area contributed by atoms with Gasteiger partial charge in [0.25, 0.3) is 0 Å². The summed E-state index contributed by atoms with van der Waals surface area (Å²) in [7, 11) is 0. The third-order valence-electron chi connectivity index (χ3n) is 5.02. The first-order chi connectivity index (χ1) is 9.40. The molecule has 0 spiro atoms. The van der Waals surface area contributed by atoms with Crippen LogP contribution < -0.4 is 15.1 Å². The molecule has 1 aromatic rings. The molecule has 1 saturated heterocycles. The summed E-state index contributed by atoms with van der Waals surface area (Å²) in [6, 6.07) is 7.70. The largest absolute Gasteiger partial charge is 0.368 e. The first-order valence-electron chi connectivity index (χ1n) is 7.75. The fraction of sp³-hybridized carbons (Fsp3) is 0.625. The lowest BCUT2D eigenvalue weighted by Gasteiger charge is -2.40. The van der Waals surface area contributed by atoms with Gasteiger partial charge in [0, 0.05) is 38.1 Å². The lowest BCUT2D eigenvalue weighted by Crippen LogP contribution is -2.48. The third-order valence-corrected chi connectivity index (χ3v) is 5.02. The Balaban J connectivity index is 1.80. The van der Waals surface area contributed by atoms with E-state index in [0.29, 0.717) is 5.92 Å². The Morgan fingerprint density at radius 3 is 3.16 bits per heavy atom. The number of anilines is 2. The van der Waals surface area contributed by atoms with Gasteiger partial charge >= 0.3 is 0 Å². The topological polar surface area (TPSA) is 18.5 Å². The predicted molar refractivity (Wildman–Crippen MR) is 80.3 cm³/mol. The molecule has 3 aliphatic rings. The minimum absolute atomic E-state index is 0.713. The molecular formula is C16H23N3.